The van der Waals surface area contributed by atoms with E-state index in [0.29, 0.717) is 23.6 Å². The summed E-state index contributed by atoms with van der Waals surface area (Å²) in [5, 5.41) is 10.5. The van der Waals surface area contributed by atoms with Crippen LogP contribution in [-0.4, -0.2) is 47.3 Å². The van der Waals surface area contributed by atoms with Crippen molar-refractivity contribution in [3.63, 3.8) is 0 Å². The Morgan fingerprint density at radius 2 is 2.10 bits per heavy atom. The third kappa shape index (κ3) is 7.67. The summed E-state index contributed by atoms with van der Waals surface area (Å²) in [7, 11) is 2.10. The Morgan fingerprint density at radius 3 is 2.71 bits per heavy atom. The Balaban J connectivity index is 2.07. The minimum absolute atomic E-state index is 0.302. The first-order valence-electron chi connectivity index (χ1n) is 6.98. The zero-order chi connectivity index (χ0) is 15.7. The summed E-state index contributed by atoms with van der Waals surface area (Å²) in [6, 6.07) is 3.45. The molecule has 7 nitrogen and oxygen atoms in total. The Morgan fingerprint density at radius 1 is 1.33 bits per heavy atom. The molecule has 1 rings (SSSR count). The Hall–Kier alpha value is -1.60. The molecule has 0 saturated carbocycles. The van der Waals surface area contributed by atoms with E-state index in [1.807, 2.05) is 0 Å². The number of halogens is 1. The van der Waals surface area contributed by atoms with E-state index in [1.165, 1.54) is 0 Å². The number of aromatic nitrogens is 2. The van der Waals surface area contributed by atoms with Crippen molar-refractivity contribution in [2.75, 3.05) is 25.6 Å². The van der Waals surface area contributed by atoms with Crippen LogP contribution in [0.25, 0.3) is 0 Å². The number of rotatable bonds is 8. The second-order valence-electron chi connectivity index (χ2n) is 5.03. The standard InChI is InChI=1S/C13H23ClN6O/c1-10(2)20(3)9-5-4-8-15-13(21)19-18-12-7-6-11(14)16-17-12/h6-7,10H,4-5,8-9H2,1-3H3,(H,17,18)(H2,15,19,21). The number of hydrogen-bond acceptors (Lipinski definition) is 5. The van der Waals surface area contributed by atoms with Crippen molar-refractivity contribution in [1.82, 2.24) is 25.8 Å². The van der Waals surface area contributed by atoms with E-state index in [-0.39, 0.29) is 6.03 Å². The predicted molar refractivity (Wildman–Crippen MR) is 84.2 cm³/mol. The number of amides is 2. The molecule has 0 radical (unpaired) electrons. The number of carbonyl (C=O) groups is 1. The quantitative estimate of drug-likeness (QED) is 0.504. The normalized spacial score (nSPS) is 10.8. The summed E-state index contributed by atoms with van der Waals surface area (Å²) in [4.78, 5) is 13.8. The molecule has 0 aliphatic rings. The van der Waals surface area contributed by atoms with E-state index in [2.05, 4.69) is 52.2 Å². The van der Waals surface area contributed by atoms with Gasteiger partial charge in [-0.05, 0) is 52.4 Å². The van der Waals surface area contributed by atoms with Crippen molar-refractivity contribution in [3.8, 4) is 0 Å². The molecule has 0 spiro atoms. The molecular formula is C13H23ClN6O. The zero-order valence-corrected chi connectivity index (χ0v) is 13.4. The lowest BCUT2D eigenvalue weighted by Crippen LogP contribution is -2.39. The van der Waals surface area contributed by atoms with Gasteiger partial charge < -0.3 is 10.2 Å². The third-order valence-corrected chi connectivity index (χ3v) is 3.24. The van der Waals surface area contributed by atoms with Crippen LogP contribution >= 0.6 is 11.6 Å². The van der Waals surface area contributed by atoms with E-state index in [4.69, 9.17) is 11.6 Å². The highest BCUT2D eigenvalue weighted by atomic mass is 35.5. The fourth-order valence-corrected chi connectivity index (χ4v) is 1.59. The molecule has 21 heavy (non-hydrogen) atoms. The van der Waals surface area contributed by atoms with Crippen molar-refractivity contribution < 1.29 is 4.79 Å². The van der Waals surface area contributed by atoms with Crippen LogP contribution in [0.1, 0.15) is 26.7 Å². The molecule has 8 heteroatoms. The molecule has 0 fully saturated rings. The molecule has 0 bridgehead atoms. The highest BCUT2D eigenvalue weighted by Gasteiger charge is 2.03. The fourth-order valence-electron chi connectivity index (χ4n) is 1.49. The first-order valence-corrected chi connectivity index (χ1v) is 7.36. The lowest BCUT2D eigenvalue weighted by atomic mass is 10.2. The highest BCUT2D eigenvalue weighted by Crippen LogP contribution is 2.04. The van der Waals surface area contributed by atoms with Crippen molar-refractivity contribution in [1.29, 1.82) is 0 Å². The first kappa shape index (κ1) is 17.5. The summed E-state index contributed by atoms with van der Waals surface area (Å²) in [5.74, 6) is 0.424. The minimum Gasteiger partial charge on any atom is -0.337 e. The van der Waals surface area contributed by atoms with Crippen LogP contribution in [0, 0.1) is 0 Å². The van der Waals surface area contributed by atoms with Crippen LogP contribution in [-0.2, 0) is 0 Å². The van der Waals surface area contributed by atoms with E-state index in [9.17, 15) is 4.79 Å². The SMILES string of the molecule is CC(C)N(C)CCCCNC(=O)NNc1ccc(Cl)nn1. The molecule has 1 aromatic heterocycles. The van der Waals surface area contributed by atoms with E-state index in [0.717, 1.165) is 19.4 Å². The molecule has 1 aromatic rings. The van der Waals surface area contributed by atoms with Gasteiger partial charge in [0.1, 0.15) is 0 Å². The van der Waals surface area contributed by atoms with Crippen LogP contribution in [0.4, 0.5) is 10.6 Å². The third-order valence-electron chi connectivity index (χ3n) is 3.04. The average molecular weight is 315 g/mol. The molecule has 3 N–H and O–H groups in total. The largest absolute Gasteiger partial charge is 0.337 e. The van der Waals surface area contributed by atoms with Crippen molar-refractivity contribution in [3.05, 3.63) is 17.3 Å². The van der Waals surface area contributed by atoms with Crippen molar-refractivity contribution in [2.45, 2.75) is 32.7 Å². The summed E-state index contributed by atoms with van der Waals surface area (Å²) >= 11 is 5.61. The van der Waals surface area contributed by atoms with Crippen LogP contribution in [0.2, 0.25) is 5.15 Å². The second-order valence-corrected chi connectivity index (χ2v) is 5.42. The van der Waals surface area contributed by atoms with Gasteiger partial charge in [0.15, 0.2) is 11.0 Å². The molecule has 0 unspecified atom stereocenters. The van der Waals surface area contributed by atoms with E-state index < -0.39 is 0 Å². The smallest absolute Gasteiger partial charge is 0.333 e. The minimum atomic E-state index is -0.302. The van der Waals surface area contributed by atoms with Gasteiger partial charge >= 0.3 is 6.03 Å². The molecule has 1 heterocycles. The van der Waals surface area contributed by atoms with Gasteiger partial charge in [0, 0.05) is 12.6 Å². The molecule has 2 amide bonds. The first-order chi connectivity index (χ1) is 9.99. The molecule has 118 valence electrons. The summed E-state index contributed by atoms with van der Waals surface area (Å²) < 4.78 is 0. The van der Waals surface area contributed by atoms with Crippen LogP contribution in [0.15, 0.2) is 12.1 Å². The zero-order valence-electron chi connectivity index (χ0n) is 12.7. The monoisotopic (exact) mass is 314 g/mol. The Kier molecular flexibility index (Phi) is 7.78. The maximum Gasteiger partial charge on any atom is 0.333 e. The van der Waals surface area contributed by atoms with Gasteiger partial charge in [-0.3, -0.25) is 10.9 Å². The van der Waals surface area contributed by atoms with Gasteiger partial charge in [-0.2, -0.15) is 0 Å². The van der Waals surface area contributed by atoms with Crippen molar-refractivity contribution in [2.24, 2.45) is 0 Å². The number of nitrogens with one attached hydrogen (secondary N) is 3. The van der Waals surface area contributed by atoms with E-state index in [1.54, 1.807) is 12.1 Å². The summed E-state index contributed by atoms with van der Waals surface area (Å²) in [6.07, 6.45) is 1.98. The number of carbonyl (C=O) groups excluding carboxylic acids is 1. The lowest BCUT2D eigenvalue weighted by molar-refractivity contribution is 0.241. The van der Waals surface area contributed by atoms with Gasteiger partial charge in [0.2, 0.25) is 0 Å². The number of hydrazine groups is 1. The molecule has 0 saturated heterocycles. The topological polar surface area (TPSA) is 82.2 Å². The van der Waals surface area contributed by atoms with Crippen LogP contribution in [0.5, 0.6) is 0 Å². The Labute approximate surface area is 130 Å². The van der Waals surface area contributed by atoms with Gasteiger partial charge in [-0.15, -0.1) is 10.2 Å². The number of anilines is 1. The second kappa shape index (κ2) is 9.36. The van der Waals surface area contributed by atoms with Crippen LogP contribution in [0.3, 0.4) is 0 Å². The lowest BCUT2D eigenvalue weighted by Gasteiger charge is -2.20. The number of urea groups is 1. The predicted octanol–water partition coefficient (Wildman–Crippen LogP) is 1.88. The summed E-state index contributed by atoms with van der Waals surface area (Å²) in [5.41, 5.74) is 5.12. The fraction of sp³-hybridized carbons (Fsp3) is 0.615. The van der Waals surface area contributed by atoms with E-state index >= 15 is 0 Å². The molecule has 0 aliphatic carbocycles. The number of nitrogens with zero attached hydrogens (tertiary/aromatic N) is 3. The van der Waals surface area contributed by atoms with Gasteiger partial charge in [0.05, 0.1) is 0 Å². The Bertz CT molecular complexity index is 425. The highest BCUT2D eigenvalue weighted by molar-refractivity contribution is 6.29. The van der Waals surface area contributed by atoms with Crippen molar-refractivity contribution >= 4 is 23.4 Å². The molecule has 0 atom stereocenters. The number of unbranched alkanes of at least 4 members (excludes halogenated alkanes) is 1. The van der Waals surface area contributed by atoms with Gasteiger partial charge in [-0.1, -0.05) is 11.6 Å². The molecular weight excluding hydrogens is 292 g/mol. The average Bonchev–Trinajstić information content (AvgIpc) is 2.46. The molecule has 0 aromatic carbocycles. The number of hydrogen-bond donors (Lipinski definition) is 3. The van der Waals surface area contributed by atoms with Gasteiger partial charge in [-0.25, -0.2) is 4.79 Å². The maximum atomic E-state index is 11.5. The summed E-state index contributed by atoms with van der Waals surface area (Å²) in [6.45, 7) is 5.99. The van der Waals surface area contributed by atoms with Crippen LogP contribution < -0.4 is 16.2 Å². The molecule has 0 aliphatic heterocycles. The van der Waals surface area contributed by atoms with Gasteiger partial charge in [0.25, 0.3) is 0 Å². The maximum absolute atomic E-state index is 11.5.